The topological polar surface area (TPSA) is 64.0 Å². The quantitative estimate of drug-likeness (QED) is 0.458. The van der Waals surface area contributed by atoms with Crippen LogP contribution in [0, 0.1) is 5.82 Å². The minimum Gasteiger partial charge on any atom is -0.349 e. The summed E-state index contributed by atoms with van der Waals surface area (Å²) in [5.74, 6) is -0.356. The number of benzene rings is 2. The number of para-hydroxylation sites is 1. The average Bonchev–Trinajstić information content (AvgIpc) is 2.72. The zero-order valence-corrected chi connectivity index (χ0v) is 17.5. The maximum Gasteiger partial charge on any atom is 0.262 e. The van der Waals surface area contributed by atoms with Crippen LogP contribution in [0.15, 0.2) is 58.5 Å². The number of hydrogen-bond acceptors (Lipinski definition) is 4. The van der Waals surface area contributed by atoms with Gasteiger partial charge in [-0.15, -0.1) is 0 Å². The third kappa shape index (κ3) is 4.85. The van der Waals surface area contributed by atoms with Crippen molar-refractivity contribution in [3.8, 4) is 0 Å². The van der Waals surface area contributed by atoms with Gasteiger partial charge in [0.25, 0.3) is 5.56 Å². The molecule has 1 amide bonds. The van der Waals surface area contributed by atoms with Gasteiger partial charge in [-0.1, -0.05) is 43.0 Å². The number of aromatic nitrogens is 2. The number of nitrogens with zero attached hydrogens (tertiary/aromatic N) is 2. The zero-order valence-electron chi connectivity index (χ0n) is 16.7. The smallest absolute Gasteiger partial charge is 0.262 e. The fraction of sp³-hybridized carbons (Fsp3) is 0.318. The SMILES string of the molecule is CC[C@H](C)n1c(SCC(=O)N[C@H](C)c2ccc(F)cc2)nc2ccccc2c1=O. The Labute approximate surface area is 173 Å². The van der Waals surface area contributed by atoms with Gasteiger partial charge in [0.15, 0.2) is 5.16 Å². The predicted octanol–water partition coefficient (Wildman–Crippen LogP) is 4.48. The van der Waals surface area contributed by atoms with Crippen LogP contribution in [0.25, 0.3) is 10.9 Å². The molecule has 2 atom stereocenters. The molecule has 152 valence electrons. The highest BCUT2D eigenvalue weighted by Gasteiger charge is 2.17. The van der Waals surface area contributed by atoms with E-state index in [0.29, 0.717) is 16.1 Å². The molecule has 1 heterocycles. The number of rotatable bonds is 7. The first-order chi connectivity index (χ1) is 13.9. The van der Waals surface area contributed by atoms with Crippen LogP contribution in [0.2, 0.25) is 0 Å². The summed E-state index contributed by atoms with van der Waals surface area (Å²) >= 11 is 1.25. The second-order valence-corrected chi connectivity index (χ2v) is 7.92. The summed E-state index contributed by atoms with van der Waals surface area (Å²) in [6.07, 6.45) is 0.779. The first-order valence-corrected chi connectivity index (χ1v) is 10.6. The van der Waals surface area contributed by atoms with Crippen LogP contribution in [0.3, 0.4) is 0 Å². The van der Waals surface area contributed by atoms with E-state index < -0.39 is 0 Å². The van der Waals surface area contributed by atoms with Crippen LogP contribution in [0.4, 0.5) is 4.39 Å². The molecule has 0 aliphatic rings. The summed E-state index contributed by atoms with van der Waals surface area (Å²) in [5, 5.41) is 4.01. The molecule has 0 saturated carbocycles. The number of amides is 1. The molecular weight excluding hydrogens is 389 g/mol. The predicted molar refractivity (Wildman–Crippen MR) is 115 cm³/mol. The molecule has 1 N–H and O–H groups in total. The minimum absolute atomic E-state index is 0.0247. The first kappa shape index (κ1) is 21.0. The summed E-state index contributed by atoms with van der Waals surface area (Å²) in [5.41, 5.74) is 1.36. The standard InChI is InChI=1S/C22H24FN3O2S/c1-4-14(2)26-21(28)18-7-5-6-8-19(18)25-22(26)29-13-20(27)24-15(3)16-9-11-17(23)12-10-16/h5-12,14-15H,4,13H2,1-3H3,(H,24,27)/t14-,15+/m0/s1. The Morgan fingerprint density at radius 1 is 1.17 bits per heavy atom. The van der Waals surface area contributed by atoms with E-state index in [1.54, 1.807) is 28.8 Å². The first-order valence-electron chi connectivity index (χ1n) is 9.59. The Balaban J connectivity index is 1.78. The van der Waals surface area contributed by atoms with E-state index in [9.17, 15) is 14.0 Å². The fourth-order valence-electron chi connectivity index (χ4n) is 3.05. The lowest BCUT2D eigenvalue weighted by molar-refractivity contribution is -0.119. The van der Waals surface area contributed by atoms with E-state index in [0.717, 1.165) is 12.0 Å². The molecule has 0 saturated heterocycles. The number of carbonyl (C=O) groups excluding carboxylic acids is 1. The maximum atomic E-state index is 13.1. The third-order valence-electron chi connectivity index (χ3n) is 4.89. The molecule has 2 aromatic carbocycles. The van der Waals surface area contributed by atoms with Crippen molar-refractivity contribution in [2.75, 3.05) is 5.75 Å². The lowest BCUT2D eigenvalue weighted by Crippen LogP contribution is -2.29. The van der Waals surface area contributed by atoms with Crippen molar-refractivity contribution in [1.29, 1.82) is 0 Å². The largest absolute Gasteiger partial charge is 0.349 e. The average molecular weight is 414 g/mol. The Morgan fingerprint density at radius 3 is 2.55 bits per heavy atom. The second kappa shape index (κ2) is 9.22. The highest BCUT2D eigenvalue weighted by molar-refractivity contribution is 7.99. The molecule has 0 unspecified atom stereocenters. The van der Waals surface area contributed by atoms with Crippen molar-refractivity contribution in [3.05, 3.63) is 70.3 Å². The van der Waals surface area contributed by atoms with E-state index in [1.165, 1.54) is 23.9 Å². The van der Waals surface area contributed by atoms with Crippen LogP contribution in [-0.2, 0) is 4.79 Å². The van der Waals surface area contributed by atoms with Gasteiger partial charge in [0.05, 0.1) is 22.7 Å². The second-order valence-electron chi connectivity index (χ2n) is 6.97. The van der Waals surface area contributed by atoms with Gasteiger partial charge in [0.1, 0.15) is 5.82 Å². The van der Waals surface area contributed by atoms with Gasteiger partial charge >= 0.3 is 0 Å². The number of carbonyl (C=O) groups is 1. The van der Waals surface area contributed by atoms with Crippen LogP contribution in [0.5, 0.6) is 0 Å². The Kier molecular flexibility index (Phi) is 6.69. The van der Waals surface area contributed by atoms with Gasteiger partial charge in [-0.2, -0.15) is 0 Å². The molecule has 5 nitrogen and oxygen atoms in total. The van der Waals surface area contributed by atoms with E-state index >= 15 is 0 Å². The Hall–Kier alpha value is -2.67. The Morgan fingerprint density at radius 2 is 1.86 bits per heavy atom. The van der Waals surface area contributed by atoms with Gasteiger partial charge < -0.3 is 5.32 Å². The van der Waals surface area contributed by atoms with Crippen LogP contribution < -0.4 is 10.9 Å². The lowest BCUT2D eigenvalue weighted by Gasteiger charge is -2.18. The molecule has 0 bridgehead atoms. The van der Waals surface area contributed by atoms with E-state index in [2.05, 4.69) is 10.3 Å². The molecule has 0 aliphatic carbocycles. The summed E-state index contributed by atoms with van der Waals surface area (Å²) in [6, 6.07) is 13.0. The van der Waals surface area contributed by atoms with Crippen molar-refractivity contribution < 1.29 is 9.18 Å². The molecule has 3 rings (SSSR count). The summed E-state index contributed by atoms with van der Waals surface area (Å²) in [6.45, 7) is 5.83. The minimum atomic E-state index is -0.312. The van der Waals surface area contributed by atoms with Gasteiger partial charge in [0.2, 0.25) is 5.91 Å². The number of hydrogen-bond donors (Lipinski definition) is 1. The fourth-order valence-corrected chi connectivity index (χ4v) is 3.96. The number of halogens is 1. The molecule has 0 radical (unpaired) electrons. The van der Waals surface area contributed by atoms with Gasteiger partial charge in [-0.25, -0.2) is 9.37 Å². The van der Waals surface area contributed by atoms with Crippen molar-refractivity contribution >= 4 is 28.6 Å². The number of thioether (sulfide) groups is 1. The monoisotopic (exact) mass is 413 g/mol. The zero-order chi connectivity index (χ0) is 21.0. The summed E-state index contributed by atoms with van der Waals surface area (Å²) in [4.78, 5) is 30.0. The molecule has 3 aromatic rings. The number of fused-ring (bicyclic) bond motifs is 1. The number of nitrogens with one attached hydrogen (secondary N) is 1. The molecular formula is C22H24FN3O2S. The van der Waals surface area contributed by atoms with Crippen LogP contribution >= 0.6 is 11.8 Å². The highest BCUT2D eigenvalue weighted by atomic mass is 32.2. The maximum absolute atomic E-state index is 13.1. The van der Waals surface area contributed by atoms with Gasteiger partial charge in [0, 0.05) is 6.04 Å². The van der Waals surface area contributed by atoms with Crippen molar-refractivity contribution in [1.82, 2.24) is 14.9 Å². The molecule has 29 heavy (non-hydrogen) atoms. The summed E-state index contributed by atoms with van der Waals surface area (Å²) in [7, 11) is 0. The third-order valence-corrected chi connectivity index (χ3v) is 5.84. The van der Waals surface area contributed by atoms with Crippen LogP contribution in [-0.4, -0.2) is 21.2 Å². The van der Waals surface area contributed by atoms with E-state index in [4.69, 9.17) is 0 Å². The molecule has 0 spiro atoms. The Bertz CT molecular complexity index is 1070. The lowest BCUT2D eigenvalue weighted by atomic mass is 10.1. The van der Waals surface area contributed by atoms with Crippen LogP contribution in [0.1, 0.15) is 44.8 Å². The molecule has 0 aliphatic heterocycles. The van der Waals surface area contributed by atoms with Gasteiger partial charge in [-0.3, -0.25) is 14.2 Å². The van der Waals surface area contributed by atoms with Crippen molar-refractivity contribution in [2.45, 2.75) is 44.4 Å². The van der Waals surface area contributed by atoms with Gasteiger partial charge in [-0.05, 0) is 50.1 Å². The van der Waals surface area contributed by atoms with E-state index in [-0.39, 0.29) is 35.1 Å². The molecule has 1 aromatic heterocycles. The summed E-state index contributed by atoms with van der Waals surface area (Å²) < 4.78 is 14.7. The molecule has 7 heteroatoms. The van der Waals surface area contributed by atoms with Crippen molar-refractivity contribution in [3.63, 3.8) is 0 Å². The highest BCUT2D eigenvalue weighted by Crippen LogP contribution is 2.22. The van der Waals surface area contributed by atoms with Crippen molar-refractivity contribution in [2.24, 2.45) is 0 Å². The normalized spacial score (nSPS) is 13.2. The van der Waals surface area contributed by atoms with E-state index in [1.807, 2.05) is 32.9 Å². The molecule has 0 fully saturated rings.